The van der Waals surface area contributed by atoms with Crippen LogP contribution in [-0.2, 0) is 11.3 Å². The van der Waals surface area contributed by atoms with Gasteiger partial charge < -0.3 is 15.1 Å². The summed E-state index contributed by atoms with van der Waals surface area (Å²) in [4.78, 5) is 22.9. The highest BCUT2D eigenvalue weighted by molar-refractivity contribution is 5.87. The minimum absolute atomic E-state index is 0.101. The van der Waals surface area contributed by atoms with Crippen LogP contribution in [0.15, 0.2) is 24.3 Å². The van der Waals surface area contributed by atoms with Gasteiger partial charge in [-0.25, -0.2) is 4.79 Å². The van der Waals surface area contributed by atoms with Crippen molar-refractivity contribution in [2.45, 2.75) is 13.0 Å². The first-order valence-corrected chi connectivity index (χ1v) is 5.21. The van der Waals surface area contributed by atoms with Crippen LogP contribution in [0.2, 0.25) is 0 Å². The molecule has 0 atom stereocenters. The Hall–Kier alpha value is -1.88. The van der Waals surface area contributed by atoms with E-state index in [0.717, 1.165) is 5.56 Å². The summed E-state index contributed by atoms with van der Waals surface area (Å²) in [6.07, 6.45) is 0.101. The standard InChI is InChI=1S/C12H15NO4/c1-13(7-6-11(14)15)8-9-2-4-10(5-3-9)12(16)17/h2-5H,6-8H2,1H3,(H,14,15)(H,16,17). The number of hydrogen-bond donors (Lipinski definition) is 2. The van der Waals surface area contributed by atoms with E-state index in [2.05, 4.69) is 0 Å². The van der Waals surface area contributed by atoms with E-state index in [4.69, 9.17) is 10.2 Å². The van der Waals surface area contributed by atoms with Gasteiger partial charge in [-0.05, 0) is 24.7 Å². The number of aromatic carboxylic acids is 1. The number of hydrogen-bond acceptors (Lipinski definition) is 3. The molecule has 0 spiro atoms. The molecule has 0 aliphatic heterocycles. The van der Waals surface area contributed by atoms with Gasteiger partial charge in [0.1, 0.15) is 0 Å². The number of benzene rings is 1. The van der Waals surface area contributed by atoms with Crippen LogP contribution < -0.4 is 0 Å². The maximum atomic E-state index is 10.6. The van der Waals surface area contributed by atoms with E-state index in [1.165, 1.54) is 0 Å². The number of aliphatic carboxylic acids is 1. The van der Waals surface area contributed by atoms with Crippen molar-refractivity contribution in [3.8, 4) is 0 Å². The quantitative estimate of drug-likeness (QED) is 0.779. The van der Waals surface area contributed by atoms with Crippen LogP contribution in [0, 0.1) is 0 Å². The molecular weight excluding hydrogens is 222 g/mol. The summed E-state index contributed by atoms with van der Waals surface area (Å²) < 4.78 is 0. The van der Waals surface area contributed by atoms with Crippen LogP contribution in [0.5, 0.6) is 0 Å². The zero-order valence-corrected chi connectivity index (χ0v) is 9.59. The minimum Gasteiger partial charge on any atom is -0.481 e. The lowest BCUT2D eigenvalue weighted by Crippen LogP contribution is -2.21. The largest absolute Gasteiger partial charge is 0.481 e. The molecule has 1 aromatic carbocycles. The van der Waals surface area contributed by atoms with E-state index < -0.39 is 11.9 Å². The van der Waals surface area contributed by atoms with E-state index in [1.807, 2.05) is 11.9 Å². The first kappa shape index (κ1) is 13.2. The molecule has 17 heavy (non-hydrogen) atoms. The molecule has 0 aliphatic carbocycles. The molecule has 0 saturated heterocycles. The van der Waals surface area contributed by atoms with Crippen molar-refractivity contribution in [3.05, 3.63) is 35.4 Å². The highest BCUT2D eigenvalue weighted by Gasteiger charge is 2.05. The Morgan fingerprint density at radius 2 is 1.76 bits per heavy atom. The molecule has 0 bridgehead atoms. The zero-order valence-electron chi connectivity index (χ0n) is 9.59. The summed E-state index contributed by atoms with van der Waals surface area (Å²) in [7, 11) is 1.83. The number of rotatable bonds is 6. The molecule has 0 radical (unpaired) electrons. The second-order valence-electron chi connectivity index (χ2n) is 3.88. The molecule has 0 aromatic heterocycles. The van der Waals surface area contributed by atoms with Gasteiger partial charge in [-0.3, -0.25) is 4.79 Å². The van der Waals surface area contributed by atoms with Crippen molar-refractivity contribution in [3.63, 3.8) is 0 Å². The molecule has 2 N–H and O–H groups in total. The van der Waals surface area contributed by atoms with E-state index >= 15 is 0 Å². The van der Waals surface area contributed by atoms with E-state index in [1.54, 1.807) is 24.3 Å². The molecule has 1 aromatic rings. The molecule has 92 valence electrons. The Bertz CT molecular complexity index is 399. The second-order valence-corrected chi connectivity index (χ2v) is 3.88. The van der Waals surface area contributed by atoms with Crippen LogP contribution >= 0.6 is 0 Å². The van der Waals surface area contributed by atoms with Crippen molar-refractivity contribution in [1.82, 2.24) is 4.90 Å². The van der Waals surface area contributed by atoms with Crippen molar-refractivity contribution < 1.29 is 19.8 Å². The number of carboxylic acid groups (broad SMARTS) is 2. The second kappa shape index (κ2) is 6.00. The lowest BCUT2D eigenvalue weighted by atomic mass is 10.1. The van der Waals surface area contributed by atoms with E-state index in [0.29, 0.717) is 13.1 Å². The number of nitrogens with zero attached hydrogens (tertiary/aromatic N) is 1. The predicted octanol–water partition coefficient (Wildman–Crippen LogP) is 1.29. The van der Waals surface area contributed by atoms with E-state index in [-0.39, 0.29) is 12.0 Å². The molecule has 0 unspecified atom stereocenters. The van der Waals surface area contributed by atoms with Gasteiger partial charge in [0.15, 0.2) is 0 Å². The lowest BCUT2D eigenvalue weighted by molar-refractivity contribution is -0.137. The summed E-state index contributed by atoms with van der Waals surface area (Å²) in [6.45, 7) is 1.07. The smallest absolute Gasteiger partial charge is 0.335 e. The SMILES string of the molecule is CN(CCC(=O)O)Cc1ccc(C(=O)O)cc1. The summed E-state index contributed by atoms with van der Waals surface area (Å²) in [5, 5.41) is 17.3. The monoisotopic (exact) mass is 237 g/mol. The molecule has 0 aliphatic rings. The molecule has 5 nitrogen and oxygen atoms in total. The van der Waals surface area contributed by atoms with Crippen molar-refractivity contribution in [1.29, 1.82) is 0 Å². The van der Waals surface area contributed by atoms with Crippen LogP contribution in [0.4, 0.5) is 0 Å². The van der Waals surface area contributed by atoms with Crippen LogP contribution in [0.25, 0.3) is 0 Å². The maximum Gasteiger partial charge on any atom is 0.335 e. The summed E-state index contributed by atoms with van der Waals surface area (Å²) in [5.41, 5.74) is 1.21. The highest BCUT2D eigenvalue weighted by atomic mass is 16.4. The molecule has 0 amide bonds. The first-order valence-electron chi connectivity index (χ1n) is 5.21. The molecular formula is C12H15NO4. The molecule has 0 saturated carbocycles. The Balaban J connectivity index is 2.51. The number of carbonyl (C=O) groups is 2. The Morgan fingerprint density at radius 3 is 2.24 bits per heavy atom. The minimum atomic E-state index is -0.948. The first-order chi connectivity index (χ1) is 7.99. The topological polar surface area (TPSA) is 77.8 Å². The summed E-state index contributed by atoms with van der Waals surface area (Å²) in [5.74, 6) is -1.77. The van der Waals surface area contributed by atoms with Gasteiger partial charge in [0.05, 0.1) is 12.0 Å². The van der Waals surface area contributed by atoms with Gasteiger partial charge in [0.25, 0.3) is 0 Å². The fraction of sp³-hybridized carbons (Fsp3) is 0.333. The molecule has 5 heteroatoms. The Labute approximate surface area is 99.3 Å². The van der Waals surface area contributed by atoms with Crippen LogP contribution in [0.1, 0.15) is 22.3 Å². The average Bonchev–Trinajstić information content (AvgIpc) is 2.27. The van der Waals surface area contributed by atoms with E-state index in [9.17, 15) is 9.59 Å². The summed E-state index contributed by atoms with van der Waals surface area (Å²) >= 11 is 0. The Morgan fingerprint density at radius 1 is 1.18 bits per heavy atom. The van der Waals surface area contributed by atoms with Gasteiger partial charge in [0.2, 0.25) is 0 Å². The van der Waals surface area contributed by atoms with Crippen molar-refractivity contribution in [2.75, 3.05) is 13.6 Å². The van der Waals surface area contributed by atoms with Crippen LogP contribution in [-0.4, -0.2) is 40.6 Å². The van der Waals surface area contributed by atoms with Gasteiger partial charge in [-0.2, -0.15) is 0 Å². The third kappa shape index (κ3) is 4.65. The third-order valence-electron chi connectivity index (χ3n) is 2.36. The molecule has 0 heterocycles. The van der Waals surface area contributed by atoms with Crippen molar-refractivity contribution in [2.24, 2.45) is 0 Å². The van der Waals surface area contributed by atoms with Crippen LogP contribution in [0.3, 0.4) is 0 Å². The molecule has 1 rings (SSSR count). The third-order valence-corrected chi connectivity index (χ3v) is 2.36. The van der Waals surface area contributed by atoms with Gasteiger partial charge in [-0.15, -0.1) is 0 Å². The van der Waals surface area contributed by atoms with Gasteiger partial charge in [0, 0.05) is 13.1 Å². The molecule has 0 fully saturated rings. The lowest BCUT2D eigenvalue weighted by Gasteiger charge is -2.15. The highest BCUT2D eigenvalue weighted by Crippen LogP contribution is 2.07. The van der Waals surface area contributed by atoms with Crippen molar-refractivity contribution >= 4 is 11.9 Å². The maximum absolute atomic E-state index is 10.6. The normalized spacial score (nSPS) is 10.5. The predicted molar refractivity (Wildman–Crippen MR) is 62.0 cm³/mol. The fourth-order valence-corrected chi connectivity index (χ4v) is 1.43. The zero-order chi connectivity index (χ0) is 12.8. The summed E-state index contributed by atoms with van der Waals surface area (Å²) in [6, 6.07) is 6.56. The fourth-order valence-electron chi connectivity index (χ4n) is 1.43. The van der Waals surface area contributed by atoms with Gasteiger partial charge in [-0.1, -0.05) is 12.1 Å². The van der Waals surface area contributed by atoms with Gasteiger partial charge >= 0.3 is 11.9 Å². The Kier molecular flexibility index (Phi) is 4.66. The average molecular weight is 237 g/mol. The number of carboxylic acids is 2.